The number of alkyl halides is 1. The minimum atomic E-state index is -0.612. The summed E-state index contributed by atoms with van der Waals surface area (Å²) in [6.45, 7) is 14.2. The van der Waals surface area contributed by atoms with Crippen LogP contribution in [0.5, 0.6) is 0 Å². The molecule has 2 saturated heterocycles. The van der Waals surface area contributed by atoms with Crippen LogP contribution in [0.4, 0.5) is 4.39 Å². The van der Waals surface area contributed by atoms with E-state index in [9.17, 15) is 4.39 Å². The first-order chi connectivity index (χ1) is 9.47. The molecule has 0 bridgehead atoms. The molecule has 2 aliphatic heterocycles. The Hall–Kier alpha value is 0.720. The molecule has 2 aliphatic rings. The molecule has 2 nitrogen and oxygen atoms in total. The Bertz CT molecular complexity index is 291. The van der Waals surface area contributed by atoms with Gasteiger partial charge in [-0.15, -0.1) is 0 Å². The van der Waals surface area contributed by atoms with E-state index in [1.165, 1.54) is 25.9 Å². The van der Waals surface area contributed by atoms with E-state index in [0.29, 0.717) is 18.5 Å². The van der Waals surface area contributed by atoms with Crippen LogP contribution in [0.3, 0.4) is 0 Å². The maximum Gasteiger partial charge on any atom is 0.116 e. The molecule has 0 aliphatic carbocycles. The minimum Gasteiger partial charge on any atom is -0.301 e. The van der Waals surface area contributed by atoms with Gasteiger partial charge in [-0.3, -0.25) is 0 Å². The van der Waals surface area contributed by atoms with Crippen LogP contribution in [0.2, 0.25) is 0 Å². The van der Waals surface area contributed by atoms with Crippen molar-refractivity contribution in [3.63, 3.8) is 0 Å². The first-order valence-electron chi connectivity index (χ1n) is 8.57. The molecule has 0 amide bonds. The van der Waals surface area contributed by atoms with Crippen molar-refractivity contribution in [1.82, 2.24) is 9.80 Å². The molecule has 0 aromatic carbocycles. The summed E-state index contributed by atoms with van der Waals surface area (Å²) in [6.07, 6.45) is 3.02. The van der Waals surface area contributed by atoms with Gasteiger partial charge >= 0.3 is 0 Å². The predicted molar refractivity (Wildman–Crippen MR) is 89.5 cm³/mol. The number of hydrogen-bond acceptors (Lipinski definition) is 2. The van der Waals surface area contributed by atoms with Gasteiger partial charge in [-0.1, -0.05) is 13.8 Å². The van der Waals surface area contributed by atoms with Crippen molar-refractivity contribution in [3.8, 4) is 0 Å². The fourth-order valence-corrected chi connectivity index (χ4v) is 3.92. The molecule has 0 aromatic heterocycles. The fourth-order valence-electron chi connectivity index (χ4n) is 3.92. The zero-order chi connectivity index (χ0) is 14.7. The van der Waals surface area contributed by atoms with Crippen LogP contribution >= 0.6 is 0 Å². The number of halogens is 1. The van der Waals surface area contributed by atoms with E-state index in [1.807, 2.05) is 0 Å². The molecule has 2 atom stereocenters. The molecule has 0 aromatic rings. The number of likely N-dealkylation sites (tertiary alicyclic amines) is 2. The van der Waals surface area contributed by atoms with Gasteiger partial charge in [0.1, 0.15) is 6.17 Å². The van der Waals surface area contributed by atoms with Crippen LogP contribution < -0.4 is 0 Å². The van der Waals surface area contributed by atoms with Gasteiger partial charge in [-0.2, -0.15) is 0 Å². The topological polar surface area (TPSA) is 6.48 Å². The maximum atomic E-state index is 14.2. The summed E-state index contributed by atoms with van der Waals surface area (Å²) in [4.78, 5) is 4.96. The average Bonchev–Trinajstić information content (AvgIpc) is 2.39. The summed E-state index contributed by atoms with van der Waals surface area (Å²) < 4.78 is 14.2. The summed E-state index contributed by atoms with van der Waals surface area (Å²) in [7, 11) is 0. The van der Waals surface area contributed by atoms with Crippen LogP contribution in [-0.2, 0) is 0 Å². The Morgan fingerprint density at radius 2 is 1.62 bits per heavy atom. The third-order valence-electron chi connectivity index (χ3n) is 5.43. The van der Waals surface area contributed by atoms with Crippen molar-refractivity contribution in [2.45, 2.75) is 59.2 Å². The molecule has 0 unspecified atom stereocenters. The second-order valence-corrected chi connectivity index (χ2v) is 7.55. The van der Waals surface area contributed by atoms with Gasteiger partial charge in [0.05, 0.1) is 0 Å². The number of rotatable bonds is 4. The standard InChI is InChI=1S/C17H33FN2.In/c1-13(2)16-7-8-19(12-17(16)18)11-15-5-9-20(10-6-15)14(3)4;/h13-17H,5-12H2,1-4H3;/t16-,17-;/m0./s1. The van der Waals surface area contributed by atoms with Crippen LogP contribution in [0.1, 0.15) is 47.0 Å². The molecule has 2 rings (SSSR count). The number of hydrogen-bond donors (Lipinski definition) is 0. The average molecular weight is 399 g/mol. The van der Waals surface area contributed by atoms with Gasteiger partial charge in [-0.05, 0) is 70.5 Å². The first-order valence-corrected chi connectivity index (χ1v) is 8.57. The fraction of sp³-hybridized carbons (Fsp3) is 1.00. The molecular weight excluding hydrogens is 366 g/mol. The third kappa shape index (κ3) is 5.69. The first kappa shape index (κ1) is 19.8. The Morgan fingerprint density at radius 3 is 2.10 bits per heavy atom. The summed E-state index contributed by atoms with van der Waals surface area (Å²) >= 11 is 0. The largest absolute Gasteiger partial charge is 0.301 e. The van der Waals surface area contributed by atoms with Crippen molar-refractivity contribution in [1.29, 1.82) is 0 Å². The van der Waals surface area contributed by atoms with Crippen molar-refractivity contribution < 1.29 is 4.39 Å². The maximum absolute atomic E-state index is 14.2. The van der Waals surface area contributed by atoms with E-state index in [4.69, 9.17) is 0 Å². The summed E-state index contributed by atoms with van der Waals surface area (Å²) in [5.74, 6) is 1.56. The summed E-state index contributed by atoms with van der Waals surface area (Å²) in [5, 5.41) is 0. The zero-order valence-electron chi connectivity index (χ0n) is 14.4. The number of nitrogens with zero attached hydrogens (tertiary/aromatic N) is 2. The molecule has 0 spiro atoms. The molecule has 21 heavy (non-hydrogen) atoms. The molecular formula is C17H33FInN2. The quantitative estimate of drug-likeness (QED) is 0.717. The van der Waals surface area contributed by atoms with Gasteiger partial charge in [-0.25, -0.2) is 4.39 Å². The van der Waals surface area contributed by atoms with E-state index in [-0.39, 0.29) is 31.8 Å². The van der Waals surface area contributed by atoms with Crippen LogP contribution in [0, 0.1) is 17.8 Å². The van der Waals surface area contributed by atoms with Crippen molar-refractivity contribution in [2.75, 3.05) is 32.7 Å². The van der Waals surface area contributed by atoms with Crippen LogP contribution in [-0.4, -0.2) is 80.6 Å². The monoisotopic (exact) mass is 399 g/mol. The summed E-state index contributed by atoms with van der Waals surface area (Å²) in [5.41, 5.74) is 0. The molecule has 4 heteroatoms. The smallest absolute Gasteiger partial charge is 0.116 e. The van der Waals surface area contributed by atoms with E-state index >= 15 is 0 Å². The molecule has 0 saturated carbocycles. The second kappa shape index (κ2) is 9.12. The molecule has 3 radical (unpaired) electrons. The Kier molecular flexibility index (Phi) is 8.59. The van der Waals surface area contributed by atoms with Gasteiger partial charge in [0, 0.05) is 45.0 Å². The van der Waals surface area contributed by atoms with Crippen molar-refractivity contribution >= 4 is 25.8 Å². The molecule has 121 valence electrons. The Morgan fingerprint density at radius 1 is 1.00 bits per heavy atom. The Labute approximate surface area is 149 Å². The SMILES string of the molecule is CC(C)[C@@H]1CCN(CC2CCN(C(C)C)CC2)C[C@@H]1F.[In]. The summed E-state index contributed by atoms with van der Waals surface area (Å²) in [6, 6.07) is 0.674. The van der Waals surface area contributed by atoms with E-state index < -0.39 is 6.17 Å². The van der Waals surface area contributed by atoms with Crippen LogP contribution in [0.25, 0.3) is 0 Å². The van der Waals surface area contributed by atoms with Gasteiger partial charge < -0.3 is 9.80 Å². The van der Waals surface area contributed by atoms with Crippen molar-refractivity contribution in [3.05, 3.63) is 0 Å². The molecule has 2 heterocycles. The predicted octanol–water partition coefficient (Wildman–Crippen LogP) is 3.04. The number of piperidine rings is 2. The van der Waals surface area contributed by atoms with E-state index in [2.05, 4.69) is 37.5 Å². The second-order valence-electron chi connectivity index (χ2n) is 7.55. The van der Waals surface area contributed by atoms with Gasteiger partial charge in [0.25, 0.3) is 0 Å². The van der Waals surface area contributed by atoms with E-state index in [1.54, 1.807) is 0 Å². The molecule has 2 fully saturated rings. The van der Waals surface area contributed by atoms with Gasteiger partial charge in [0.2, 0.25) is 0 Å². The minimum absolute atomic E-state index is 0. The molecule has 0 N–H and O–H groups in total. The van der Waals surface area contributed by atoms with E-state index in [0.717, 1.165) is 25.4 Å². The zero-order valence-corrected chi connectivity index (χ0v) is 17.7. The van der Waals surface area contributed by atoms with Crippen LogP contribution in [0.15, 0.2) is 0 Å². The Balaban J connectivity index is 0.00000220. The normalized spacial score (nSPS) is 29.9. The third-order valence-corrected chi connectivity index (χ3v) is 5.43. The van der Waals surface area contributed by atoms with Crippen molar-refractivity contribution in [2.24, 2.45) is 17.8 Å². The van der Waals surface area contributed by atoms with Gasteiger partial charge in [0.15, 0.2) is 0 Å².